The van der Waals surface area contributed by atoms with Gasteiger partial charge in [-0.3, -0.25) is 9.69 Å². The van der Waals surface area contributed by atoms with Gasteiger partial charge < -0.3 is 4.74 Å². The van der Waals surface area contributed by atoms with Gasteiger partial charge in [0.05, 0.1) is 7.11 Å². The van der Waals surface area contributed by atoms with E-state index in [9.17, 15) is 18.0 Å². The molecular weight excluding hydrogens is 427 g/mol. The monoisotopic (exact) mass is 455 g/mol. The molecule has 33 heavy (non-hydrogen) atoms. The number of nitrogens with zero attached hydrogens (tertiary/aromatic N) is 1. The Balaban J connectivity index is 1.99. The van der Waals surface area contributed by atoms with E-state index in [1.54, 1.807) is 0 Å². The fourth-order valence-electron chi connectivity index (χ4n) is 4.05. The molecule has 2 unspecified atom stereocenters. The molecule has 2 atom stereocenters. The van der Waals surface area contributed by atoms with Crippen LogP contribution in [0.2, 0.25) is 0 Å². The molecule has 0 spiro atoms. The standard InChI is InChI=1S/C27H28F3NO2/c1-19(21-11-7-4-8-12-21)31(18-20-9-5-3-6-10-20)23(13-14-27(32)33-2)15-22-16-25(29)26(30)17-24(22)28/h3-12,16-17,19,23H,13-15,18H2,1-2H3. The van der Waals surface area contributed by atoms with E-state index < -0.39 is 17.5 Å². The molecule has 0 N–H and O–H groups in total. The summed E-state index contributed by atoms with van der Waals surface area (Å²) >= 11 is 0. The minimum Gasteiger partial charge on any atom is -0.469 e. The Morgan fingerprint density at radius 2 is 1.52 bits per heavy atom. The van der Waals surface area contributed by atoms with Gasteiger partial charge in [-0.2, -0.15) is 0 Å². The molecule has 0 saturated heterocycles. The minimum absolute atomic E-state index is 0.0714. The Labute approximate surface area is 192 Å². The van der Waals surface area contributed by atoms with Gasteiger partial charge in [0.2, 0.25) is 0 Å². The average molecular weight is 456 g/mol. The van der Waals surface area contributed by atoms with Crippen LogP contribution in [0.5, 0.6) is 0 Å². The highest BCUT2D eigenvalue weighted by Gasteiger charge is 2.27. The molecule has 0 aliphatic rings. The number of hydrogen-bond donors (Lipinski definition) is 0. The van der Waals surface area contributed by atoms with Gasteiger partial charge in [0.15, 0.2) is 11.6 Å². The number of rotatable bonds is 10. The first-order valence-corrected chi connectivity index (χ1v) is 10.9. The van der Waals surface area contributed by atoms with Crippen LogP contribution in [0.3, 0.4) is 0 Å². The van der Waals surface area contributed by atoms with Crippen LogP contribution in [0.25, 0.3) is 0 Å². The summed E-state index contributed by atoms with van der Waals surface area (Å²) in [6, 6.07) is 20.7. The second-order valence-corrected chi connectivity index (χ2v) is 8.08. The van der Waals surface area contributed by atoms with Crippen molar-refractivity contribution in [2.24, 2.45) is 0 Å². The number of methoxy groups -OCH3 is 1. The van der Waals surface area contributed by atoms with Gasteiger partial charge in [0.25, 0.3) is 0 Å². The Morgan fingerprint density at radius 1 is 0.909 bits per heavy atom. The number of benzene rings is 3. The van der Waals surface area contributed by atoms with Gasteiger partial charge >= 0.3 is 5.97 Å². The summed E-state index contributed by atoms with van der Waals surface area (Å²) in [5, 5.41) is 0. The van der Waals surface area contributed by atoms with Gasteiger partial charge in [-0.05, 0) is 42.5 Å². The average Bonchev–Trinajstić information content (AvgIpc) is 2.84. The van der Waals surface area contributed by atoms with E-state index in [0.717, 1.165) is 17.2 Å². The van der Waals surface area contributed by atoms with Gasteiger partial charge in [0, 0.05) is 31.1 Å². The predicted molar refractivity (Wildman–Crippen MR) is 122 cm³/mol. The second-order valence-electron chi connectivity index (χ2n) is 8.08. The first-order chi connectivity index (χ1) is 15.9. The summed E-state index contributed by atoms with van der Waals surface area (Å²) < 4.78 is 46.8. The molecule has 174 valence electrons. The summed E-state index contributed by atoms with van der Waals surface area (Å²) in [4.78, 5) is 14.1. The first kappa shape index (κ1) is 24.5. The molecule has 3 aromatic rings. The van der Waals surface area contributed by atoms with Crippen molar-refractivity contribution in [3.63, 3.8) is 0 Å². The van der Waals surface area contributed by atoms with Crippen LogP contribution in [0.15, 0.2) is 72.8 Å². The highest BCUT2D eigenvalue weighted by molar-refractivity contribution is 5.69. The van der Waals surface area contributed by atoms with Crippen molar-refractivity contribution < 1.29 is 22.7 Å². The maximum absolute atomic E-state index is 14.6. The van der Waals surface area contributed by atoms with E-state index in [0.29, 0.717) is 19.0 Å². The number of esters is 1. The number of halogens is 3. The third kappa shape index (κ3) is 6.68. The van der Waals surface area contributed by atoms with E-state index in [-0.39, 0.29) is 36.5 Å². The van der Waals surface area contributed by atoms with Crippen molar-refractivity contribution in [1.29, 1.82) is 0 Å². The van der Waals surface area contributed by atoms with Crippen molar-refractivity contribution in [1.82, 2.24) is 4.90 Å². The summed E-state index contributed by atoms with van der Waals surface area (Å²) in [6.45, 7) is 2.58. The lowest BCUT2D eigenvalue weighted by Gasteiger charge is -2.37. The normalized spacial score (nSPS) is 13.0. The fourth-order valence-corrected chi connectivity index (χ4v) is 4.05. The summed E-state index contributed by atoms with van der Waals surface area (Å²) in [5.41, 5.74) is 2.18. The first-order valence-electron chi connectivity index (χ1n) is 10.9. The van der Waals surface area contributed by atoms with Crippen LogP contribution in [-0.2, 0) is 22.5 Å². The summed E-state index contributed by atoms with van der Waals surface area (Å²) in [7, 11) is 1.32. The lowest BCUT2D eigenvalue weighted by molar-refractivity contribution is -0.141. The zero-order chi connectivity index (χ0) is 23.8. The molecule has 0 bridgehead atoms. The summed E-state index contributed by atoms with van der Waals surface area (Å²) in [5.74, 6) is -3.49. The zero-order valence-electron chi connectivity index (χ0n) is 18.8. The van der Waals surface area contributed by atoms with Gasteiger partial charge in [-0.15, -0.1) is 0 Å². The molecule has 0 radical (unpaired) electrons. The Kier molecular flexibility index (Phi) is 8.66. The van der Waals surface area contributed by atoms with E-state index >= 15 is 0 Å². The van der Waals surface area contributed by atoms with Crippen LogP contribution < -0.4 is 0 Å². The molecule has 0 amide bonds. The third-order valence-corrected chi connectivity index (χ3v) is 5.91. The Bertz CT molecular complexity index is 1040. The lowest BCUT2D eigenvalue weighted by Crippen LogP contribution is -2.39. The maximum atomic E-state index is 14.6. The van der Waals surface area contributed by atoms with E-state index in [1.165, 1.54) is 7.11 Å². The van der Waals surface area contributed by atoms with Crippen molar-refractivity contribution in [2.75, 3.05) is 7.11 Å². The smallest absolute Gasteiger partial charge is 0.305 e. The Hall–Kier alpha value is -3.12. The minimum atomic E-state index is -1.22. The topological polar surface area (TPSA) is 29.5 Å². The molecular formula is C27H28F3NO2. The SMILES string of the molecule is COC(=O)CCC(Cc1cc(F)c(F)cc1F)N(Cc1ccccc1)C(C)c1ccccc1. The molecule has 6 heteroatoms. The predicted octanol–water partition coefficient (Wildman–Crippen LogP) is 6.23. The molecule has 3 aromatic carbocycles. The molecule has 0 aliphatic carbocycles. The summed E-state index contributed by atoms with van der Waals surface area (Å²) in [6.07, 6.45) is 0.610. The maximum Gasteiger partial charge on any atom is 0.305 e. The number of hydrogen-bond acceptors (Lipinski definition) is 3. The molecule has 3 nitrogen and oxygen atoms in total. The molecule has 0 aromatic heterocycles. The quantitative estimate of drug-likeness (QED) is 0.268. The van der Waals surface area contributed by atoms with Crippen LogP contribution in [0.1, 0.15) is 42.5 Å². The fraction of sp³-hybridized carbons (Fsp3) is 0.296. The molecule has 0 aliphatic heterocycles. The molecule has 0 heterocycles. The van der Waals surface area contributed by atoms with Crippen LogP contribution >= 0.6 is 0 Å². The van der Waals surface area contributed by atoms with Gasteiger partial charge in [0.1, 0.15) is 5.82 Å². The van der Waals surface area contributed by atoms with Crippen LogP contribution in [-0.4, -0.2) is 24.0 Å². The Morgan fingerprint density at radius 3 is 2.15 bits per heavy atom. The van der Waals surface area contributed by atoms with Gasteiger partial charge in [-0.25, -0.2) is 13.2 Å². The van der Waals surface area contributed by atoms with Crippen molar-refractivity contribution in [3.8, 4) is 0 Å². The van der Waals surface area contributed by atoms with Crippen molar-refractivity contribution in [2.45, 2.75) is 44.8 Å². The van der Waals surface area contributed by atoms with Crippen LogP contribution in [0, 0.1) is 17.5 Å². The molecule has 0 saturated carbocycles. The van der Waals surface area contributed by atoms with E-state index in [2.05, 4.69) is 4.90 Å². The number of ether oxygens (including phenoxy) is 1. The third-order valence-electron chi connectivity index (χ3n) is 5.91. The van der Waals surface area contributed by atoms with E-state index in [1.807, 2.05) is 67.6 Å². The zero-order valence-corrected chi connectivity index (χ0v) is 18.8. The van der Waals surface area contributed by atoms with Crippen LogP contribution in [0.4, 0.5) is 13.2 Å². The number of carbonyl (C=O) groups is 1. The molecule has 3 rings (SSSR count). The second kappa shape index (κ2) is 11.7. The van der Waals surface area contributed by atoms with E-state index in [4.69, 9.17) is 4.74 Å². The lowest BCUT2D eigenvalue weighted by atomic mass is 9.95. The van der Waals surface area contributed by atoms with Crippen molar-refractivity contribution >= 4 is 5.97 Å². The highest BCUT2D eigenvalue weighted by atomic mass is 19.2. The van der Waals surface area contributed by atoms with Crippen molar-refractivity contribution in [3.05, 3.63) is 107 Å². The largest absolute Gasteiger partial charge is 0.469 e. The highest BCUT2D eigenvalue weighted by Crippen LogP contribution is 2.29. The number of carbonyl (C=O) groups excluding carboxylic acids is 1. The van der Waals surface area contributed by atoms with Gasteiger partial charge in [-0.1, -0.05) is 60.7 Å². The molecule has 0 fully saturated rings.